The van der Waals surface area contributed by atoms with Crippen LogP contribution in [-0.4, -0.2) is 13.6 Å². The van der Waals surface area contributed by atoms with Crippen molar-refractivity contribution < 1.29 is 13.2 Å². The van der Waals surface area contributed by atoms with E-state index in [1.165, 1.54) is 13.1 Å². The van der Waals surface area contributed by atoms with Crippen LogP contribution in [0.15, 0.2) is 44.8 Å². The summed E-state index contributed by atoms with van der Waals surface area (Å²) in [4.78, 5) is 3.92. The lowest BCUT2D eigenvalue weighted by Gasteiger charge is -2.05. The van der Waals surface area contributed by atoms with E-state index < -0.39 is 9.84 Å². The van der Waals surface area contributed by atoms with Crippen LogP contribution in [0, 0.1) is 0 Å². The molecule has 1 aromatic rings. The van der Waals surface area contributed by atoms with E-state index in [0.717, 1.165) is 4.47 Å². The molecule has 84 valence electrons. The summed E-state index contributed by atoms with van der Waals surface area (Å²) in [7, 11) is -3.50. The Morgan fingerprint density at radius 3 is 2.69 bits per heavy atom. The van der Waals surface area contributed by atoms with Crippen molar-refractivity contribution in [1.29, 1.82) is 0 Å². The van der Waals surface area contributed by atoms with E-state index in [9.17, 15) is 8.42 Å². The average molecular weight is 302 g/mol. The van der Waals surface area contributed by atoms with Crippen LogP contribution in [-0.2, 0) is 9.84 Å². The minimum Gasteiger partial charge on any atom is -0.430 e. The fourth-order valence-electron chi connectivity index (χ4n) is 1.13. The second kappa shape index (κ2) is 4.03. The van der Waals surface area contributed by atoms with Crippen LogP contribution in [0.3, 0.4) is 0 Å². The maximum Gasteiger partial charge on any atom is 0.320 e. The molecule has 0 unspecified atom stereocenters. The van der Waals surface area contributed by atoms with E-state index >= 15 is 0 Å². The first-order chi connectivity index (χ1) is 7.50. The maximum absolute atomic E-state index is 11.6. The topological polar surface area (TPSA) is 55.7 Å². The van der Waals surface area contributed by atoms with Gasteiger partial charge in [-0.1, -0.05) is 22.0 Å². The van der Waals surface area contributed by atoms with Crippen LogP contribution in [0.1, 0.15) is 6.92 Å². The fraction of sp³-hybridized carbons (Fsp3) is 0.100. The molecule has 1 aliphatic rings. The summed E-state index contributed by atoms with van der Waals surface area (Å²) < 4.78 is 29.3. The average Bonchev–Trinajstić information content (AvgIpc) is 2.45. The predicted molar refractivity (Wildman–Crippen MR) is 64.9 cm³/mol. The van der Waals surface area contributed by atoms with Gasteiger partial charge in [-0.3, -0.25) is 0 Å². The first-order valence-corrected chi connectivity index (χ1v) is 6.71. The normalized spacial score (nSPS) is 17.9. The Morgan fingerprint density at radius 1 is 1.38 bits per heavy atom. The molecule has 1 aromatic carbocycles. The van der Waals surface area contributed by atoms with Gasteiger partial charge in [-0.2, -0.15) is 0 Å². The van der Waals surface area contributed by atoms with Crippen molar-refractivity contribution in [2.75, 3.05) is 0 Å². The summed E-state index contributed by atoms with van der Waals surface area (Å²) in [6.07, 6.45) is 1.28. The lowest BCUT2D eigenvalue weighted by atomic mass is 10.3. The van der Waals surface area contributed by atoms with Gasteiger partial charge in [-0.15, -0.1) is 0 Å². The van der Waals surface area contributed by atoms with Crippen molar-refractivity contribution in [2.45, 2.75) is 6.92 Å². The maximum atomic E-state index is 11.6. The minimum absolute atomic E-state index is 0.192. The number of benzene rings is 1. The summed E-state index contributed by atoms with van der Waals surface area (Å²) in [5.74, 6) is 0.430. The second-order valence-corrected chi connectivity index (χ2v) is 6.11. The SMILES string of the molecule is CC1=CN=C(Oc2cccc(Br)c2)S1(=O)=O. The van der Waals surface area contributed by atoms with Crippen LogP contribution >= 0.6 is 15.9 Å². The number of halogens is 1. The summed E-state index contributed by atoms with van der Waals surface area (Å²) >= 11 is 3.27. The number of hydrogen-bond acceptors (Lipinski definition) is 4. The first kappa shape index (κ1) is 11.3. The van der Waals surface area contributed by atoms with Gasteiger partial charge in [0.2, 0.25) is 0 Å². The number of sulfone groups is 1. The van der Waals surface area contributed by atoms with Gasteiger partial charge in [0.1, 0.15) is 5.75 Å². The Kier molecular flexibility index (Phi) is 2.86. The van der Waals surface area contributed by atoms with E-state index in [1.807, 2.05) is 6.07 Å². The predicted octanol–water partition coefficient (Wildman–Crippen LogP) is 2.47. The van der Waals surface area contributed by atoms with Crippen molar-refractivity contribution in [3.05, 3.63) is 39.8 Å². The monoisotopic (exact) mass is 301 g/mol. The Labute approximate surface area is 102 Å². The van der Waals surface area contributed by atoms with Crippen LogP contribution in [0.2, 0.25) is 0 Å². The highest BCUT2D eigenvalue weighted by molar-refractivity contribution is 9.10. The number of nitrogens with zero attached hydrogens (tertiary/aromatic N) is 1. The van der Waals surface area contributed by atoms with Gasteiger partial charge in [-0.05, 0) is 25.1 Å². The Morgan fingerprint density at radius 2 is 2.12 bits per heavy atom. The molecule has 1 aliphatic heterocycles. The van der Waals surface area contributed by atoms with Crippen molar-refractivity contribution in [3.8, 4) is 5.75 Å². The quantitative estimate of drug-likeness (QED) is 0.801. The Bertz CT molecular complexity index is 590. The Hall–Kier alpha value is -1.14. The molecule has 6 heteroatoms. The molecule has 0 bridgehead atoms. The molecular formula is C10H8BrNO3S. The third-order valence-electron chi connectivity index (χ3n) is 2.01. The fourth-order valence-corrected chi connectivity index (χ4v) is 2.38. The second-order valence-electron chi connectivity index (χ2n) is 3.20. The molecule has 0 amide bonds. The molecule has 0 saturated heterocycles. The molecule has 0 saturated carbocycles. The highest BCUT2D eigenvalue weighted by Gasteiger charge is 2.28. The molecule has 0 spiro atoms. The standard InChI is InChI=1S/C10H8BrNO3S/c1-7-6-12-10(16(7,13)14)15-9-4-2-3-8(11)5-9/h2-6H,1H3. The van der Waals surface area contributed by atoms with Crippen LogP contribution in [0.5, 0.6) is 5.75 Å². The van der Waals surface area contributed by atoms with Gasteiger partial charge in [0.05, 0.1) is 4.91 Å². The van der Waals surface area contributed by atoms with Crippen molar-refractivity contribution >= 4 is 31.0 Å². The van der Waals surface area contributed by atoms with Gasteiger partial charge < -0.3 is 4.74 Å². The molecule has 4 nitrogen and oxygen atoms in total. The minimum atomic E-state index is -3.50. The highest BCUT2D eigenvalue weighted by atomic mass is 79.9. The zero-order valence-corrected chi connectivity index (χ0v) is 10.7. The van der Waals surface area contributed by atoms with E-state index in [1.54, 1.807) is 18.2 Å². The van der Waals surface area contributed by atoms with E-state index in [4.69, 9.17) is 4.74 Å². The van der Waals surface area contributed by atoms with Crippen molar-refractivity contribution in [2.24, 2.45) is 4.99 Å². The molecule has 16 heavy (non-hydrogen) atoms. The van der Waals surface area contributed by atoms with Crippen LogP contribution < -0.4 is 4.74 Å². The molecule has 0 aromatic heterocycles. The van der Waals surface area contributed by atoms with Gasteiger partial charge in [0, 0.05) is 10.7 Å². The number of hydrogen-bond donors (Lipinski definition) is 0. The van der Waals surface area contributed by atoms with Gasteiger partial charge in [0.15, 0.2) is 0 Å². The molecule has 0 radical (unpaired) electrons. The highest BCUT2D eigenvalue weighted by Crippen LogP contribution is 2.22. The van der Waals surface area contributed by atoms with Crippen LogP contribution in [0.25, 0.3) is 0 Å². The molecule has 0 atom stereocenters. The third kappa shape index (κ3) is 2.03. The van der Waals surface area contributed by atoms with Gasteiger partial charge in [-0.25, -0.2) is 13.4 Å². The lowest BCUT2D eigenvalue weighted by molar-refractivity contribution is 0.549. The number of aliphatic imine (C=N–C) groups is 1. The van der Waals surface area contributed by atoms with Crippen LogP contribution in [0.4, 0.5) is 0 Å². The summed E-state index contributed by atoms with van der Waals surface area (Å²) in [5, 5.41) is -0.275. The Balaban J connectivity index is 2.26. The molecule has 0 N–H and O–H groups in total. The van der Waals surface area contributed by atoms with Gasteiger partial charge >= 0.3 is 5.23 Å². The summed E-state index contributed by atoms with van der Waals surface area (Å²) in [6.45, 7) is 1.48. The summed E-state index contributed by atoms with van der Waals surface area (Å²) in [6, 6.07) is 6.91. The molecule has 1 heterocycles. The third-order valence-corrected chi connectivity index (χ3v) is 4.10. The number of allylic oxidation sites excluding steroid dienone is 1. The first-order valence-electron chi connectivity index (χ1n) is 4.43. The zero-order valence-electron chi connectivity index (χ0n) is 8.34. The lowest BCUT2D eigenvalue weighted by Crippen LogP contribution is -2.18. The number of ether oxygens (including phenoxy) is 1. The largest absolute Gasteiger partial charge is 0.430 e. The van der Waals surface area contributed by atoms with E-state index in [2.05, 4.69) is 20.9 Å². The van der Waals surface area contributed by atoms with Crippen molar-refractivity contribution in [3.63, 3.8) is 0 Å². The van der Waals surface area contributed by atoms with Crippen molar-refractivity contribution in [1.82, 2.24) is 0 Å². The smallest absolute Gasteiger partial charge is 0.320 e. The summed E-state index contributed by atoms with van der Waals surface area (Å²) in [5.41, 5.74) is 0. The van der Waals surface area contributed by atoms with Gasteiger partial charge in [0.25, 0.3) is 9.84 Å². The van der Waals surface area contributed by atoms with E-state index in [0.29, 0.717) is 5.75 Å². The number of rotatable bonds is 1. The molecule has 2 rings (SSSR count). The zero-order chi connectivity index (χ0) is 11.8. The molecule has 0 aliphatic carbocycles. The van der Waals surface area contributed by atoms with E-state index in [-0.39, 0.29) is 10.1 Å². The molecule has 0 fully saturated rings. The molecular weight excluding hydrogens is 294 g/mol.